The van der Waals surface area contributed by atoms with Gasteiger partial charge in [-0.15, -0.1) is 0 Å². The molecule has 1 aromatic rings. The molecular weight excluding hydrogens is 236 g/mol. The van der Waals surface area contributed by atoms with Crippen molar-refractivity contribution in [2.75, 3.05) is 26.2 Å². The van der Waals surface area contributed by atoms with Crippen LogP contribution >= 0.6 is 0 Å². The number of aliphatic hydroxyl groups excluding tert-OH is 1. The molecule has 1 aromatic carbocycles. The molecule has 1 heterocycles. The molecule has 1 saturated heterocycles. The Kier molecular flexibility index (Phi) is 4.97. The minimum atomic E-state index is 0.130. The molecule has 2 N–H and O–H groups in total. The van der Waals surface area contributed by atoms with Gasteiger partial charge < -0.3 is 10.4 Å². The SMILES string of the molecule is CC1CN(C(CO)c2ccc(C(C)C)cc2)CCN1. The maximum Gasteiger partial charge on any atom is 0.0628 e. The first-order valence-corrected chi connectivity index (χ1v) is 7.30. The second-order valence-electron chi connectivity index (χ2n) is 5.87. The Morgan fingerprint density at radius 1 is 1.26 bits per heavy atom. The van der Waals surface area contributed by atoms with Gasteiger partial charge in [0.1, 0.15) is 0 Å². The summed E-state index contributed by atoms with van der Waals surface area (Å²) in [7, 11) is 0. The molecule has 2 atom stereocenters. The largest absolute Gasteiger partial charge is 0.394 e. The van der Waals surface area contributed by atoms with Crippen LogP contribution in [0.3, 0.4) is 0 Å². The second-order valence-corrected chi connectivity index (χ2v) is 5.87. The highest BCUT2D eigenvalue weighted by atomic mass is 16.3. The van der Waals surface area contributed by atoms with E-state index in [4.69, 9.17) is 0 Å². The Labute approximate surface area is 116 Å². The number of rotatable bonds is 4. The zero-order valence-corrected chi connectivity index (χ0v) is 12.3. The van der Waals surface area contributed by atoms with E-state index in [-0.39, 0.29) is 12.6 Å². The molecule has 106 valence electrons. The van der Waals surface area contributed by atoms with Crippen molar-refractivity contribution in [2.24, 2.45) is 0 Å². The Morgan fingerprint density at radius 3 is 2.42 bits per heavy atom. The lowest BCUT2D eigenvalue weighted by atomic mass is 9.98. The van der Waals surface area contributed by atoms with Crippen LogP contribution in [0, 0.1) is 0 Å². The van der Waals surface area contributed by atoms with E-state index in [0.717, 1.165) is 19.6 Å². The minimum absolute atomic E-state index is 0.130. The van der Waals surface area contributed by atoms with Crippen LogP contribution in [0.5, 0.6) is 0 Å². The van der Waals surface area contributed by atoms with E-state index < -0.39 is 0 Å². The van der Waals surface area contributed by atoms with Crippen LogP contribution < -0.4 is 5.32 Å². The number of hydrogen-bond donors (Lipinski definition) is 2. The fourth-order valence-electron chi connectivity index (χ4n) is 2.78. The number of piperazine rings is 1. The summed E-state index contributed by atoms with van der Waals surface area (Å²) < 4.78 is 0. The highest BCUT2D eigenvalue weighted by Gasteiger charge is 2.24. The minimum Gasteiger partial charge on any atom is -0.394 e. The molecule has 1 aliphatic rings. The van der Waals surface area contributed by atoms with Gasteiger partial charge in [0, 0.05) is 25.7 Å². The lowest BCUT2D eigenvalue weighted by Crippen LogP contribution is -2.50. The number of nitrogens with one attached hydrogen (secondary N) is 1. The van der Waals surface area contributed by atoms with Gasteiger partial charge in [-0.1, -0.05) is 38.1 Å². The molecule has 0 bridgehead atoms. The van der Waals surface area contributed by atoms with Gasteiger partial charge in [-0.3, -0.25) is 4.90 Å². The van der Waals surface area contributed by atoms with E-state index in [1.807, 2.05) is 0 Å². The Bertz CT molecular complexity index is 388. The molecule has 3 nitrogen and oxygen atoms in total. The molecule has 19 heavy (non-hydrogen) atoms. The Hall–Kier alpha value is -0.900. The standard InChI is InChI=1S/C16H26N2O/c1-12(2)14-4-6-15(7-5-14)16(11-19)18-9-8-17-13(3)10-18/h4-7,12-13,16-17,19H,8-11H2,1-3H3. The summed E-state index contributed by atoms with van der Waals surface area (Å²) >= 11 is 0. The first kappa shape index (κ1) is 14.5. The van der Waals surface area contributed by atoms with Crippen LogP contribution in [-0.4, -0.2) is 42.3 Å². The summed E-state index contributed by atoms with van der Waals surface area (Å²) in [6.07, 6.45) is 0. The van der Waals surface area contributed by atoms with Crippen molar-refractivity contribution in [3.05, 3.63) is 35.4 Å². The maximum atomic E-state index is 9.73. The predicted octanol–water partition coefficient (Wildman–Crippen LogP) is 2.14. The molecule has 0 spiro atoms. The number of nitrogens with zero attached hydrogens (tertiary/aromatic N) is 1. The first-order valence-electron chi connectivity index (χ1n) is 7.30. The molecule has 1 fully saturated rings. The maximum absolute atomic E-state index is 9.73. The summed E-state index contributed by atoms with van der Waals surface area (Å²) in [4.78, 5) is 2.38. The molecule has 1 aliphatic heterocycles. The van der Waals surface area contributed by atoms with Crippen molar-refractivity contribution in [1.29, 1.82) is 0 Å². The second kappa shape index (κ2) is 6.51. The summed E-state index contributed by atoms with van der Waals surface area (Å²) in [5.74, 6) is 0.556. The quantitative estimate of drug-likeness (QED) is 0.872. The highest BCUT2D eigenvalue weighted by molar-refractivity contribution is 5.27. The predicted molar refractivity (Wildman–Crippen MR) is 79.4 cm³/mol. The first-order chi connectivity index (χ1) is 9.11. The van der Waals surface area contributed by atoms with E-state index in [9.17, 15) is 5.11 Å². The molecule has 2 rings (SSSR count). The molecule has 0 radical (unpaired) electrons. The van der Waals surface area contributed by atoms with Crippen molar-refractivity contribution in [3.8, 4) is 0 Å². The van der Waals surface area contributed by atoms with Crippen LogP contribution in [0.4, 0.5) is 0 Å². The summed E-state index contributed by atoms with van der Waals surface area (Å²) in [5, 5.41) is 13.2. The molecule has 2 unspecified atom stereocenters. The van der Waals surface area contributed by atoms with Gasteiger partial charge >= 0.3 is 0 Å². The van der Waals surface area contributed by atoms with Crippen molar-refractivity contribution in [2.45, 2.75) is 38.8 Å². The molecule has 0 saturated carbocycles. The van der Waals surface area contributed by atoms with Gasteiger partial charge in [-0.05, 0) is 24.0 Å². The van der Waals surface area contributed by atoms with Crippen molar-refractivity contribution in [3.63, 3.8) is 0 Å². The van der Waals surface area contributed by atoms with Crippen LogP contribution in [0.1, 0.15) is 43.9 Å². The number of benzene rings is 1. The van der Waals surface area contributed by atoms with Crippen molar-refractivity contribution < 1.29 is 5.11 Å². The van der Waals surface area contributed by atoms with E-state index in [2.05, 4.69) is 55.3 Å². The summed E-state index contributed by atoms with van der Waals surface area (Å²) in [5.41, 5.74) is 2.58. The van der Waals surface area contributed by atoms with Crippen LogP contribution in [-0.2, 0) is 0 Å². The lowest BCUT2D eigenvalue weighted by Gasteiger charge is -2.37. The third-order valence-electron chi connectivity index (χ3n) is 4.00. The molecular formula is C16H26N2O. The van der Waals surface area contributed by atoms with E-state index >= 15 is 0 Å². The fourth-order valence-corrected chi connectivity index (χ4v) is 2.78. The lowest BCUT2D eigenvalue weighted by molar-refractivity contribution is 0.0962. The van der Waals surface area contributed by atoms with E-state index in [1.54, 1.807) is 0 Å². The topological polar surface area (TPSA) is 35.5 Å². The summed E-state index contributed by atoms with van der Waals surface area (Å²) in [6, 6.07) is 9.34. The highest BCUT2D eigenvalue weighted by Crippen LogP contribution is 2.24. The zero-order valence-electron chi connectivity index (χ0n) is 12.3. The molecule has 0 aliphatic carbocycles. The van der Waals surface area contributed by atoms with E-state index in [1.165, 1.54) is 11.1 Å². The van der Waals surface area contributed by atoms with Gasteiger partial charge in [0.05, 0.1) is 12.6 Å². The Morgan fingerprint density at radius 2 is 1.89 bits per heavy atom. The molecule has 0 aromatic heterocycles. The van der Waals surface area contributed by atoms with Gasteiger partial charge in [-0.25, -0.2) is 0 Å². The van der Waals surface area contributed by atoms with Crippen molar-refractivity contribution in [1.82, 2.24) is 10.2 Å². The smallest absolute Gasteiger partial charge is 0.0628 e. The third-order valence-corrected chi connectivity index (χ3v) is 4.00. The number of aliphatic hydroxyl groups is 1. The molecule has 3 heteroatoms. The van der Waals surface area contributed by atoms with Gasteiger partial charge in [-0.2, -0.15) is 0 Å². The van der Waals surface area contributed by atoms with Gasteiger partial charge in [0.2, 0.25) is 0 Å². The number of hydrogen-bond acceptors (Lipinski definition) is 3. The third kappa shape index (κ3) is 3.56. The van der Waals surface area contributed by atoms with Gasteiger partial charge in [0.25, 0.3) is 0 Å². The van der Waals surface area contributed by atoms with Crippen LogP contribution in [0.15, 0.2) is 24.3 Å². The Balaban J connectivity index is 2.12. The average Bonchev–Trinajstić information content (AvgIpc) is 2.40. The normalized spacial score (nSPS) is 22.7. The van der Waals surface area contributed by atoms with Crippen LogP contribution in [0.25, 0.3) is 0 Å². The van der Waals surface area contributed by atoms with Gasteiger partial charge in [0.15, 0.2) is 0 Å². The van der Waals surface area contributed by atoms with E-state index in [0.29, 0.717) is 12.0 Å². The monoisotopic (exact) mass is 262 g/mol. The zero-order chi connectivity index (χ0) is 13.8. The van der Waals surface area contributed by atoms with Crippen LogP contribution in [0.2, 0.25) is 0 Å². The fraction of sp³-hybridized carbons (Fsp3) is 0.625. The molecule has 0 amide bonds. The average molecular weight is 262 g/mol. The summed E-state index contributed by atoms with van der Waals surface area (Å²) in [6.45, 7) is 9.80. The van der Waals surface area contributed by atoms with Crippen molar-refractivity contribution >= 4 is 0 Å².